The molecule has 0 bridgehead atoms. The lowest BCUT2D eigenvalue weighted by Crippen LogP contribution is -2.22. The number of carboxylic acids is 1. The highest BCUT2D eigenvalue weighted by atomic mass is 16.4. The smallest absolute Gasteiger partial charge is 0.314 e. The fourth-order valence-corrected chi connectivity index (χ4v) is 2.20. The molecule has 0 aliphatic carbocycles. The molecule has 1 N–H and O–H groups in total. The lowest BCUT2D eigenvalue weighted by Gasteiger charge is -2.07. The maximum Gasteiger partial charge on any atom is 0.314 e. The SMILES string of the molecule is CCC(C(=O)O)C(=O)c1cn(C)c2ccccc12. The molecule has 4 nitrogen and oxygen atoms in total. The van der Waals surface area contributed by atoms with Crippen molar-refractivity contribution in [1.82, 2.24) is 4.57 Å². The van der Waals surface area contributed by atoms with E-state index < -0.39 is 11.9 Å². The van der Waals surface area contributed by atoms with Crippen LogP contribution in [0.1, 0.15) is 23.7 Å². The van der Waals surface area contributed by atoms with Crippen molar-refractivity contribution in [2.24, 2.45) is 13.0 Å². The van der Waals surface area contributed by atoms with Crippen molar-refractivity contribution in [3.63, 3.8) is 0 Å². The van der Waals surface area contributed by atoms with Crippen LogP contribution in [-0.2, 0) is 11.8 Å². The average Bonchev–Trinajstić information content (AvgIpc) is 2.68. The van der Waals surface area contributed by atoms with Gasteiger partial charge in [0.1, 0.15) is 5.92 Å². The molecule has 2 aromatic rings. The van der Waals surface area contributed by atoms with E-state index in [1.165, 1.54) is 0 Å². The van der Waals surface area contributed by atoms with Crippen LogP contribution in [-0.4, -0.2) is 21.4 Å². The van der Waals surface area contributed by atoms with Gasteiger partial charge in [-0.2, -0.15) is 0 Å². The van der Waals surface area contributed by atoms with Gasteiger partial charge in [-0.3, -0.25) is 9.59 Å². The Morgan fingerprint density at radius 2 is 2.00 bits per heavy atom. The number of ketones is 1. The Bertz CT molecular complexity index is 613. The third kappa shape index (κ3) is 1.90. The third-order valence-electron chi connectivity index (χ3n) is 3.19. The summed E-state index contributed by atoms with van der Waals surface area (Å²) in [5.74, 6) is -2.34. The first-order chi connectivity index (χ1) is 8.56. The van der Waals surface area contributed by atoms with Gasteiger partial charge < -0.3 is 9.67 Å². The molecule has 94 valence electrons. The average molecular weight is 245 g/mol. The fraction of sp³-hybridized carbons (Fsp3) is 0.286. The minimum absolute atomic E-state index is 0.303. The first-order valence-corrected chi connectivity index (χ1v) is 5.87. The van der Waals surface area contributed by atoms with E-state index in [1.54, 1.807) is 13.1 Å². The zero-order chi connectivity index (χ0) is 13.3. The van der Waals surface area contributed by atoms with Crippen LogP contribution in [0.25, 0.3) is 10.9 Å². The Kier molecular flexibility index (Phi) is 3.19. The molecule has 0 aliphatic heterocycles. The van der Waals surface area contributed by atoms with Gasteiger partial charge in [0, 0.05) is 29.7 Å². The normalized spacial score (nSPS) is 12.6. The number of carbonyl (C=O) groups is 2. The summed E-state index contributed by atoms with van der Waals surface area (Å²) >= 11 is 0. The summed E-state index contributed by atoms with van der Waals surface area (Å²) in [6.45, 7) is 1.71. The standard InChI is InChI=1S/C14H15NO3/c1-3-9(14(17)18)13(16)11-8-15(2)12-7-5-4-6-10(11)12/h4-9H,3H2,1-2H3,(H,17,18). The second-order valence-electron chi connectivity index (χ2n) is 4.33. The van der Waals surface area contributed by atoms with Crippen molar-refractivity contribution in [2.45, 2.75) is 13.3 Å². The topological polar surface area (TPSA) is 59.3 Å². The molecule has 0 radical (unpaired) electrons. The summed E-state index contributed by atoms with van der Waals surface area (Å²) in [5.41, 5.74) is 1.42. The molecule has 18 heavy (non-hydrogen) atoms. The number of benzene rings is 1. The van der Waals surface area contributed by atoms with Crippen molar-refractivity contribution in [3.05, 3.63) is 36.0 Å². The van der Waals surface area contributed by atoms with E-state index in [-0.39, 0.29) is 5.78 Å². The number of hydrogen-bond donors (Lipinski definition) is 1. The molecule has 0 saturated carbocycles. The van der Waals surface area contributed by atoms with E-state index in [0.29, 0.717) is 12.0 Å². The predicted molar refractivity (Wildman–Crippen MR) is 68.7 cm³/mol. The van der Waals surface area contributed by atoms with Crippen molar-refractivity contribution in [1.29, 1.82) is 0 Å². The van der Waals surface area contributed by atoms with E-state index in [0.717, 1.165) is 10.9 Å². The Balaban J connectivity index is 2.54. The van der Waals surface area contributed by atoms with Crippen LogP contribution in [0.4, 0.5) is 0 Å². The van der Waals surface area contributed by atoms with Gasteiger partial charge in [0.25, 0.3) is 0 Å². The minimum Gasteiger partial charge on any atom is -0.481 e. The quantitative estimate of drug-likeness (QED) is 0.665. The van der Waals surface area contributed by atoms with Crippen molar-refractivity contribution >= 4 is 22.7 Å². The zero-order valence-corrected chi connectivity index (χ0v) is 10.4. The number of para-hydroxylation sites is 1. The molecular weight excluding hydrogens is 230 g/mol. The van der Waals surface area contributed by atoms with Crippen LogP contribution in [0.2, 0.25) is 0 Å². The van der Waals surface area contributed by atoms with Crippen LogP contribution < -0.4 is 0 Å². The highest BCUT2D eigenvalue weighted by Gasteiger charge is 2.27. The maximum atomic E-state index is 12.3. The molecule has 0 fully saturated rings. The largest absolute Gasteiger partial charge is 0.481 e. The molecule has 1 aromatic heterocycles. The van der Waals surface area contributed by atoms with Crippen LogP contribution in [0.15, 0.2) is 30.5 Å². The number of fused-ring (bicyclic) bond motifs is 1. The zero-order valence-electron chi connectivity index (χ0n) is 10.4. The van der Waals surface area contributed by atoms with E-state index in [1.807, 2.05) is 35.9 Å². The third-order valence-corrected chi connectivity index (χ3v) is 3.19. The van der Waals surface area contributed by atoms with Gasteiger partial charge in [0.05, 0.1) is 0 Å². The maximum absolute atomic E-state index is 12.3. The summed E-state index contributed by atoms with van der Waals surface area (Å²) in [4.78, 5) is 23.3. The first kappa shape index (κ1) is 12.4. The molecule has 0 aliphatic rings. The number of aliphatic carboxylic acids is 1. The van der Waals surface area contributed by atoms with Gasteiger partial charge in [-0.25, -0.2) is 0 Å². The molecule has 1 aromatic carbocycles. The molecule has 1 unspecified atom stereocenters. The Labute approximate surface area is 105 Å². The first-order valence-electron chi connectivity index (χ1n) is 5.87. The molecule has 2 rings (SSSR count). The van der Waals surface area contributed by atoms with Crippen LogP contribution >= 0.6 is 0 Å². The minimum atomic E-state index is -1.06. The monoisotopic (exact) mass is 245 g/mol. The number of carbonyl (C=O) groups excluding carboxylic acids is 1. The summed E-state index contributed by atoms with van der Waals surface area (Å²) < 4.78 is 1.84. The van der Waals surface area contributed by atoms with Crippen molar-refractivity contribution in [3.8, 4) is 0 Å². The van der Waals surface area contributed by atoms with Crippen molar-refractivity contribution < 1.29 is 14.7 Å². The van der Waals surface area contributed by atoms with Gasteiger partial charge in [-0.15, -0.1) is 0 Å². The van der Waals surface area contributed by atoms with Crippen LogP contribution in [0.3, 0.4) is 0 Å². The Morgan fingerprint density at radius 1 is 1.33 bits per heavy atom. The van der Waals surface area contributed by atoms with Gasteiger partial charge >= 0.3 is 5.97 Å². The van der Waals surface area contributed by atoms with Gasteiger partial charge in [-0.1, -0.05) is 25.1 Å². The van der Waals surface area contributed by atoms with Crippen LogP contribution in [0.5, 0.6) is 0 Å². The molecule has 0 amide bonds. The number of rotatable bonds is 4. The Hall–Kier alpha value is -2.10. The summed E-state index contributed by atoms with van der Waals surface area (Å²) in [5, 5.41) is 9.87. The van der Waals surface area contributed by atoms with Crippen molar-refractivity contribution in [2.75, 3.05) is 0 Å². The molecule has 1 heterocycles. The van der Waals surface area contributed by atoms with E-state index in [4.69, 9.17) is 5.11 Å². The second-order valence-corrected chi connectivity index (χ2v) is 4.33. The summed E-state index contributed by atoms with van der Waals surface area (Å²) in [6, 6.07) is 7.50. The van der Waals surface area contributed by atoms with E-state index >= 15 is 0 Å². The molecular formula is C14H15NO3. The summed E-state index contributed by atoms with van der Waals surface area (Å²) in [7, 11) is 1.85. The highest BCUT2D eigenvalue weighted by molar-refractivity contribution is 6.14. The molecule has 1 atom stereocenters. The highest BCUT2D eigenvalue weighted by Crippen LogP contribution is 2.24. The number of aryl methyl sites for hydroxylation is 1. The molecule has 4 heteroatoms. The predicted octanol–water partition coefficient (Wildman–Crippen LogP) is 2.47. The number of aromatic nitrogens is 1. The van der Waals surface area contributed by atoms with E-state index in [2.05, 4.69) is 0 Å². The Morgan fingerprint density at radius 3 is 2.61 bits per heavy atom. The number of Topliss-reactive ketones (excluding diaryl/α,β-unsaturated/α-hetero) is 1. The number of carboxylic acid groups (broad SMARTS) is 1. The van der Waals surface area contributed by atoms with Crippen LogP contribution in [0, 0.1) is 5.92 Å². The second kappa shape index (κ2) is 4.64. The van der Waals surface area contributed by atoms with E-state index in [9.17, 15) is 9.59 Å². The van der Waals surface area contributed by atoms with Gasteiger partial charge in [-0.05, 0) is 12.5 Å². The lowest BCUT2D eigenvalue weighted by molar-refractivity contribution is -0.140. The number of hydrogen-bond acceptors (Lipinski definition) is 2. The lowest BCUT2D eigenvalue weighted by atomic mass is 9.95. The van der Waals surface area contributed by atoms with Gasteiger partial charge in [0.2, 0.25) is 0 Å². The number of nitrogens with zero attached hydrogens (tertiary/aromatic N) is 1. The molecule has 0 saturated heterocycles. The molecule has 0 spiro atoms. The van der Waals surface area contributed by atoms with Gasteiger partial charge in [0.15, 0.2) is 5.78 Å². The summed E-state index contributed by atoms with van der Waals surface area (Å²) in [6.07, 6.45) is 2.01. The fourth-order valence-electron chi connectivity index (χ4n) is 2.20.